The van der Waals surface area contributed by atoms with Crippen LogP contribution in [0.25, 0.3) is 0 Å². The van der Waals surface area contributed by atoms with Crippen molar-refractivity contribution in [2.24, 2.45) is 4.99 Å². The van der Waals surface area contributed by atoms with Crippen LogP contribution in [0.1, 0.15) is 19.8 Å². The van der Waals surface area contributed by atoms with E-state index in [9.17, 15) is 0 Å². The molecule has 2 heterocycles. The zero-order valence-electron chi connectivity index (χ0n) is 12.6. The first-order valence-electron chi connectivity index (χ1n) is 7.59. The van der Waals surface area contributed by atoms with E-state index in [-0.39, 0.29) is 6.10 Å². The van der Waals surface area contributed by atoms with Crippen molar-refractivity contribution in [1.29, 1.82) is 0 Å². The minimum atomic E-state index is 0.125. The van der Waals surface area contributed by atoms with E-state index < -0.39 is 0 Å². The van der Waals surface area contributed by atoms with Crippen LogP contribution in [0.5, 0.6) is 0 Å². The molecule has 2 saturated heterocycles. The standard InChI is InChI=1S/C14H27N3O3/c1-3-15-14(16-9-12-5-4-7-19-12)17-6-8-20-13(10-17)11-18-2/h12-13H,3-11H2,1-2H3,(H,15,16). The third-order valence-corrected chi connectivity index (χ3v) is 3.59. The Labute approximate surface area is 121 Å². The summed E-state index contributed by atoms with van der Waals surface area (Å²) in [4.78, 5) is 6.98. The zero-order chi connectivity index (χ0) is 14.2. The van der Waals surface area contributed by atoms with E-state index in [2.05, 4.69) is 17.1 Å². The van der Waals surface area contributed by atoms with Gasteiger partial charge >= 0.3 is 0 Å². The Morgan fingerprint density at radius 1 is 1.35 bits per heavy atom. The van der Waals surface area contributed by atoms with Gasteiger partial charge in [0.1, 0.15) is 0 Å². The van der Waals surface area contributed by atoms with E-state index in [1.54, 1.807) is 7.11 Å². The zero-order valence-corrected chi connectivity index (χ0v) is 12.6. The number of methoxy groups -OCH3 is 1. The number of guanidine groups is 1. The van der Waals surface area contributed by atoms with E-state index in [0.29, 0.717) is 12.7 Å². The van der Waals surface area contributed by atoms with Gasteiger partial charge in [-0.3, -0.25) is 4.99 Å². The second-order valence-electron chi connectivity index (χ2n) is 5.22. The highest BCUT2D eigenvalue weighted by atomic mass is 16.5. The first-order chi connectivity index (χ1) is 9.83. The number of hydrogen-bond acceptors (Lipinski definition) is 4. The summed E-state index contributed by atoms with van der Waals surface area (Å²) in [5, 5.41) is 3.36. The van der Waals surface area contributed by atoms with Crippen LogP contribution in [0.15, 0.2) is 4.99 Å². The molecular formula is C14H27N3O3. The number of nitrogens with zero attached hydrogens (tertiary/aromatic N) is 2. The molecule has 1 N–H and O–H groups in total. The molecule has 20 heavy (non-hydrogen) atoms. The van der Waals surface area contributed by atoms with Crippen molar-refractivity contribution in [2.75, 3.05) is 53.1 Å². The van der Waals surface area contributed by atoms with Crippen LogP contribution in [0.3, 0.4) is 0 Å². The summed E-state index contributed by atoms with van der Waals surface area (Å²) in [6.07, 6.45) is 2.70. The molecule has 2 aliphatic rings. The molecule has 0 spiro atoms. The lowest BCUT2D eigenvalue weighted by Crippen LogP contribution is -2.51. The van der Waals surface area contributed by atoms with Gasteiger partial charge in [-0.05, 0) is 19.8 Å². The average molecular weight is 285 g/mol. The summed E-state index contributed by atoms with van der Waals surface area (Å²) in [5.41, 5.74) is 0. The number of ether oxygens (including phenoxy) is 3. The van der Waals surface area contributed by atoms with Gasteiger partial charge in [0.05, 0.1) is 32.0 Å². The topological polar surface area (TPSA) is 55.3 Å². The number of hydrogen-bond donors (Lipinski definition) is 1. The Balaban J connectivity index is 1.90. The lowest BCUT2D eigenvalue weighted by Gasteiger charge is -2.35. The lowest BCUT2D eigenvalue weighted by molar-refractivity contribution is -0.0447. The van der Waals surface area contributed by atoms with Crippen LogP contribution in [-0.4, -0.2) is 76.2 Å². The van der Waals surface area contributed by atoms with Crippen molar-refractivity contribution < 1.29 is 14.2 Å². The Hall–Kier alpha value is -0.850. The van der Waals surface area contributed by atoms with Crippen LogP contribution in [0.4, 0.5) is 0 Å². The summed E-state index contributed by atoms with van der Waals surface area (Å²) in [6, 6.07) is 0. The summed E-state index contributed by atoms with van der Waals surface area (Å²) in [7, 11) is 1.71. The molecular weight excluding hydrogens is 258 g/mol. The Morgan fingerprint density at radius 2 is 2.20 bits per heavy atom. The number of morpholine rings is 1. The maximum absolute atomic E-state index is 5.68. The van der Waals surface area contributed by atoms with Crippen molar-refractivity contribution in [3.05, 3.63) is 0 Å². The van der Waals surface area contributed by atoms with Gasteiger partial charge in [0, 0.05) is 33.4 Å². The molecule has 116 valence electrons. The highest BCUT2D eigenvalue weighted by Gasteiger charge is 2.23. The molecule has 6 heteroatoms. The van der Waals surface area contributed by atoms with Crippen LogP contribution in [0, 0.1) is 0 Å². The fourth-order valence-corrected chi connectivity index (χ4v) is 2.60. The summed E-state index contributed by atoms with van der Waals surface area (Å²) < 4.78 is 16.5. The van der Waals surface area contributed by atoms with Gasteiger partial charge in [-0.25, -0.2) is 0 Å². The summed E-state index contributed by atoms with van der Waals surface area (Å²) in [5.74, 6) is 0.965. The molecule has 2 unspecified atom stereocenters. The Morgan fingerprint density at radius 3 is 2.90 bits per heavy atom. The molecule has 0 amide bonds. The van der Waals surface area contributed by atoms with E-state index >= 15 is 0 Å². The average Bonchev–Trinajstić information content (AvgIpc) is 2.97. The van der Waals surface area contributed by atoms with Gasteiger partial charge < -0.3 is 24.4 Å². The predicted molar refractivity (Wildman–Crippen MR) is 78.1 cm³/mol. The minimum absolute atomic E-state index is 0.125. The van der Waals surface area contributed by atoms with Crippen molar-refractivity contribution in [3.8, 4) is 0 Å². The highest BCUT2D eigenvalue weighted by Crippen LogP contribution is 2.12. The first-order valence-corrected chi connectivity index (χ1v) is 7.59. The minimum Gasteiger partial charge on any atom is -0.382 e. The van der Waals surface area contributed by atoms with E-state index in [0.717, 1.165) is 58.2 Å². The largest absolute Gasteiger partial charge is 0.382 e. The predicted octanol–water partition coefficient (Wildman–Crippen LogP) is 0.478. The summed E-state index contributed by atoms with van der Waals surface area (Å²) in [6.45, 7) is 7.63. The molecule has 0 bridgehead atoms. The normalized spacial score (nSPS) is 27.9. The van der Waals surface area contributed by atoms with Gasteiger partial charge in [-0.15, -0.1) is 0 Å². The number of nitrogens with one attached hydrogen (secondary N) is 1. The molecule has 2 rings (SSSR count). The van der Waals surface area contributed by atoms with Crippen molar-refractivity contribution in [3.63, 3.8) is 0 Å². The SMILES string of the molecule is CCNC(=NCC1CCCO1)N1CCOC(COC)C1. The molecule has 0 saturated carbocycles. The maximum Gasteiger partial charge on any atom is 0.194 e. The Bertz CT molecular complexity index is 304. The van der Waals surface area contributed by atoms with Gasteiger partial charge in [0.15, 0.2) is 5.96 Å². The lowest BCUT2D eigenvalue weighted by atomic mass is 10.2. The van der Waals surface area contributed by atoms with E-state index in [1.807, 2.05) is 0 Å². The molecule has 0 aromatic heterocycles. The molecule has 2 aliphatic heterocycles. The Kier molecular flexibility index (Phi) is 6.56. The molecule has 0 radical (unpaired) electrons. The van der Waals surface area contributed by atoms with Gasteiger partial charge in [-0.1, -0.05) is 0 Å². The fraction of sp³-hybridized carbons (Fsp3) is 0.929. The van der Waals surface area contributed by atoms with Crippen LogP contribution in [-0.2, 0) is 14.2 Å². The van der Waals surface area contributed by atoms with Crippen molar-refractivity contribution in [2.45, 2.75) is 32.0 Å². The van der Waals surface area contributed by atoms with Crippen LogP contribution >= 0.6 is 0 Å². The van der Waals surface area contributed by atoms with Crippen LogP contribution < -0.4 is 5.32 Å². The quantitative estimate of drug-likeness (QED) is 0.588. The second kappa shape index (κ2) is 8.44. The summed E-state index contributed by atoms with van der Waals surface area (Å²) >= 11 is 0. The van der Waals surface area contributed by atoms with E-state index in [4.69, 9.17) is 19.2 Å². The highest BCUT2D eigenvalue weighted by molar-refractivity contribution is 5.80. The van der Waals surface area contributed by atoms with E-state index in [1.165, 1.54) is 0 Å². The molecule has 2 fully saturated rings. The fourth-order valence-electron chi connectivity index (χ4n) is 2.60. The third kappa shape index (κ3) is 4.61. The van der Waals surface area contributed by atoms with Crippen LogP contribution in [0.2, 0.25) is 0 Å². The molecule has 6 nitrogen and oxygen atoms in total. The van der Waals surface area contributed by atoms with Gasteiger partial charge in [0.2, 0.25) is 0 Å². The smallest absolute Gasteiger partial charge is 0.194 e. The second-order valence-corrected chi connectivity index (χ2v) is 5.22. The number of rotatable bonds is 5. The van der Waals surface area contributed by atoms with Gasteiger partial charge in [-0.2, -0.15) is 0 Å². The maximum atomic E-state index is 5.68. The van der Waals surface area contributed by atoms with Gasteiger partial charge in [0.25, 0.3) is 0 Å². The molecule has 2 atom stereocenters. The molecule has 0 aromatic rings. The molecule has 0 aromatic carbocycles. The molecule has 0 aliphatic carbocycles. The van der Waals surface area contributed by atoms with Crippen molar-refractivity contribution >= 4 is 5.96 Å². The number of aliphatic imine (C=N–C) groups is 1. The first kappa shape index (κ1) is 15.5. The third-order valence-electron chi connectivity index (χ3n) is 3.59. The monoisotopic (exact) mass is 285 g/mol. The van der Waals surface area contributed by atoms with Crippen molar-refractivity contribution in [1.82, 2.24) is 10.2 Å².